The number of carbonyl (C=O) groups is 2. The zero-order chi connectivity index (χ0) is 20.3. The Morgan fingerprint density at radius 1 is 0.793 bits per heavy atom. The first-order valence-corrected chi connectivity index (χ1v) is 10.6. The van der Waals surface area contributed by atoms with Crippen LogP contribution in [0.1, 0.15) is 45.6 Å². The number of hydrogen-bond acceptors (Lipinski definition) is 3. The van der Waals surface area contributed by atoms with Gasteiger partial charge in [0.05, 0.1) is 17.5 Å². The lowest BCUT2D eigenvalue weighted by Crippen LogP contribution is -2.32. The van der Waals surface area contributed by atoms with Crippen LogP contribution in [-0.2, 0) is 15.0 Å². The molecular formula is C25H27NO3. The normalized spacial score (nSPS) is 28.2. The van der Waals surface area contributed by atoms with E-state index >= 15 is 0 Å². The van der Waals surface area contributed by atoms with Gasteiger partial charge in [0.15, 0.2) is 0 Å². The van der Waals surface area contributed by atoms with Crippen LogP contribution < -0.4 is 9.64 Å². The maximum absolute atomic E-state index is 13.0. The third kappa shape index (κ3) is 2.97. The molecule has 1 aliphatic heterocycles. The molecule has 4 heteroatoms. The predicted octanol–water partition coefficient (Wildman–Crippen LogP) is 5.31. The summed E-state index contributed by atoms with van der Waals surface area (Å²) in [6, 6.07) is 15.4. The summed E-state index contributed by atoms with van der Waals surface area (Å²) in [4.78, 5) is 27.3. The fraction of sp³-hybridized carbons (Fsp3) is 0.440. The topological polar surface area (TPSA) is 46.6 Å². The van der Waals surface area contributed by atoms with Crippen LogP contribution in [0.5, 0.6) is 11.5 Å². The van der Waals surface area contributed by atoms with E-state index in [1.54, 1.807) is 0 Å². The summed E-state index contributed by atoms with van der Waals surface area (Å²) in [7, 11) is 0. The van der Waals surface area contributed by atoms with Crippen molar-refractivity contribution in [2.45, 2.75) is 45.4 Å². The summed E-state index contributed by atoms with van der Waals surface area (Å²) in [5.74, 6) is 2.10. The molecule has 3 fully saturated rings. The maximum atomic E-state index is 13.0. The van der Waals surface area contributed by atoms with E-state index in [1.165, 1.54) is 10.5 Å². The van der Waals surface area contributed by atoms with Crippen molar-refractivity contribution in [3.63, 3.8) is 0 Å². The molecule has 2 aliphatic carbocycles. The second kappa shape index (κ2) is 6.45. The van der Waals surface area contributed by atoms with Gasteiger partial charge in [0.2, 0.25) is 11.8 Å². The molecule has 0 unspecified atom stereocenters. The molecule has 2 aromatic rings. The number of imide groups is 1. The second-order valence-electron chi connectivity index (χ2n) is 9.77. The number of benzene rings is 2. The average Bonchev–Trinajstić information content (AvgIpc) is 3.36. The summed E-state index contributed by atoms with van der Waals surface area (Å²) in [5.41, 5.74) is 2.02. The molecule has 4 atom stereocenters. The quantitative estimate of drug-likeness (QED) is 0.668. The van der Waals surface area contributed by atoms with E-state index in [1.807, 2.05) is 36.4 Å². The molecular weight excluding hydrogens is 362 g/mol. The number of amides is 2. The first-order valence-electron chi connectivity index (χ1n) is 10.6. The summed E-state index contributed by atoms with van der Waals surface area (Å²) in [5, 5.41) is 0. The Hall–Kier alpha value is -2.62. The highest BCUT2D eigenvalue weighted by atomic mass is 16.5. The molecule has 3 aliphatic rings. The number of fused-ring (bicyclic) bond motifs is 5. The van der Waals surface area contributed by atoms with Crippen molar-refractivity contribution < 1.29 is 14.3 Å². The molecule has 2 saturated carbocycles. The summed E-state index contributed by atoms with van der Waals surface area (Å²) in [6.07, 6.45) is 3.25. The third-order valence-electron chi connectivity index (χ3n) is 6.98. The number of rotatable bonds is 3. The van der Waals surface area contributed by atoms with Crippen molar-refractivity contribution in [3.8, 4) is 11.5 Å². The number of carbonyl (C=O) groups excluding carboxylic acids is 2. The van der Waals surface area contributed by atoms with Gasteiger partial charge < -0.3 is 4.74 Å². The van der Waals surface area contributed by atoms with E-state index in [9.17, 15) is 9.59 Å². The molecule has 2 aromatic carbocycles. The van der Waals surface area contributed by atoms with Gasteiger partial charge in [-0.15, -0.1) is 0 Å². The third-order valence-corrected chi connectivity index (χ3v) is 6.98. The zero-order valence-corrected chi connectivity index (χ0v) is 17.2. The number of anilines is 1. The zero-order valence-electron chi connectivity index (χ0n) is 17.2. The highest BCUT2D eigenvalue weighted by molar-refractivity contribution is 6.22. The minimum Gasteiger partial charge on any atom is -0.457 e. The largest absolute Gasteiger partial charge is 0.457 e. The van der Waals surface area contributed by atoms with Gasteiger partial charge in [0.1, 0.15) is 11.5 Å². The first kappa shape index (κ1) is 18.4. The highest BCUT2D eigenvalue weighted by Gasteiger charge is 2.61. The lowest BCUT2D eigenvalue weighted by Gasteiger charge is -2.19. The van der Waals surface area contributed by atoms with Crippen molar-refractivity contribution >= 4 is 17.5 Å². The summed E-state index contributed by atoms with van der Waals surface area (Å²) >= 11 is 0. The predicted molar refractivity (Wildman–Crippen MR) is 112 cm³/mol. The van der Waals surface area contributed by atoms with Crippen molar-refractivity contribution in [1.29, 1.82) is 0 Å². The molecule has 4 nitrogen and oxygen atoms in total. The van der Waals surface area contributed by atoms with Gasteiger partial charge in [-0.05, 0) is 78.5 Å². The molecule has 1 saturated heterocycles. The molecule has 2 bridgehead atoms. The number of hydrogen-bond donors (Lipinski definition) is 0. The summed E-state index contributed by atoms with van der Waals surface area (Å²) < 4.78 is 5.95. The van der Waals surface area contributed by atoms with Gasteiger partial charge in [0, 0.05) is 0 Å². The Labute approximate surface area is 171 Å². The first-order chi connectivity index (χ1) is 13.8. The van der Waals surface area contributed by atoms with Crippen molar-refractivity contribution in [1.82, 2.24) is 0 Å². The van der Waals surface area contributed by atoms with Crippen LogP contribution >= 0.6 is 0 Å². The minimum atomic E-state index is -0.0847. The van der Waals surface area contributed by atoms with E-state index in [4.69, 9.17) is 4.74 Å². The monoisotopic (exact) mass is 389 g/mol. The van der Waals surface area contributed by atoms with E-state index in [-0.39, 0.29) is 29.1 Å². The molecule has 0 aromatic heterocycles. The van der Waals surface area contributed by atoms with Crippen LogP contribution in [0.4, 0.5) is 5.69 Å². The Balaban J connectivity index is 1.32. The molecule has 150 valence electrons. The van der Waals surface area contributed by atoms with Gasteiger partial charge in [-0.1, -0.05) is 32.9 Å². The Bertz CT molecular complexity index is 927. The Morgan fingerprint density at radius 2 is 1.28 bits per heavy atom. The highest BCUT2D eigenvalue weighted by Crippen LogP contribution is 2.56. The minimum absolute atomic E-state index is 0.00126. The van der Waals surface area contributed by atoms with Crippen LogP contribution in [0.25, 0.3) is 0 Å². The fourth-order valence-corrected chi connectivity index (χ4v) is 5.49. The van der Waals surface area contributed by atoms with Crippen LogP contribution in [0.15, 0.2) is 48.5 Å². The van der Waals surface area contributed by atoms with Crippen molar-refractivity contribution in [3.05, 3.63) is 54.1 Å². The fourth-order valence-electron chi connectivity index (χ4n) is 5.49. The van der Waals surface area contributed by atoms with Gasteiger partial charge in [-0.2, -0.15) is 0 Å². The molecule has 0 spiro atoms. The molecule has 1 heterocycles. The van der Waals surface area contributed by atoms with Gasteiger partial charge >= 0.3 is 0 Å². The van der Waals surface area contributed by atoms with E-state index in [0.29, 0.717) is 23.3 Å². The number of nitrogens with zero attached hydrogens (tertiary/aromatic N) is 1. The molecule has 0 radical (unpaired) electrons. The van der Waals surface area contributed by atoms with Crippen LogP contribution in [-0.4, -0.2) is 11.8 Å². The molecule has 2 amide bonds. The smallest absolute Gasteiger partial charge is 0.237 e. The lowest BCUT2D eigenvalue weighted by atomic mass is 9.81. The lowest BCUT2D eigenvalue weighted by molar-refractivity contribution is -0.123. The van der Waals surface area contributed by atoms with Gasteiger partial charge in [-0.3, -0.25) is 14.5 Å². The van der Waals surface area contributed by atoms with Crippen LogP contribution in [0, 0.1) is 23.7 Å². The summed E-state index contributed by atoms with van der Waals surface area (Å²) in [6.45, 7) is 6.55. The standard InChI is InChI=1S/C25H27NO3/c1-25(2,3)17-6-10-19(11-7-17)29-20-12-8-18(9-13-20)26-23(27)21-15-4-5-16(14-15)22(21)24(26)28/h6-13,15-16,21-22H,4-5,14H2,1-3H3/t15-,16+,21-,22-/m0/s1. The van der Waals surface area contributed by atoms with Gasteiger partial charge in [-0.25, -0.2) is 0 Å². The average molecular weight is 389 g/mol. The Kier molecular flexibility index (Phi) is 4.09. The second-order valence-corrected chi connectivity index (χ2v) is 9.77. The van der Waals surface area contributed by atoms with Crippen molar-refractivity contribution in [2.75, 3.05) is 4.90 Å². The van der Waals surface area contributed by atoms with E-state index in [0.717, 1.165) is 25.0 Å². The van der Waals surface area contributed by atoms with Crippen LogP contribution in [0.3, 0.4) is 0 Å². The van der Waals surface area contributed by atoms with E-state index < -0.39 is 0 Å². The van der Waals surface area contributed by atoms with E-state index in [2.05, 4.69) is 32.9 Å². The Morgan fingerprint density at radius 3 is 1.76 bits per heavy atom. The van der Waals surface area contributed by atoms with Crippen molar-refractivity contribution in [2.24, 2.45) is 23.7 Å². The SMILES string of the molecule is CC(C)(C)c1ccc(Oc2ccc(N3C(=O)[C@H]4[C@@H]5CC[C@@H](C5)[C@@H]4C3=O)cc2)cc1. The molecule has 29 heavy (non-hydrogen) atoms. The number of ether oxygens (including phenoxy) is 1. The maximum Gasteiger partial charge on any atom is 0.237 e. The molecule has 5 rings (SSSR count). The van der Waals surface area contributed by atoms with Gasteiger partial charge in [0.25, 0.3) is 0 Å². The van der Waals surface area contributed by atoms with Crippen LogP contribution in [0.2, 0.25) is 0 Å². The molecule has 0 N–H and O–H groups in total.